The molecule has 0 aliphatic carbocycles. The van der Waals surface area contributed by atoms with Gasteiger partial charge in [-0.25, -0.2) is 8.78 Å². The molecule has 2 aromatic rings. The molecule has 0 radical (unpaired) electrons. The minimum atomic E-state index is -3.12. The topological polar surface area (TPSA) is 68.0 Å². The van der Waals surface area contributed by atoms with E-state index in [1.54, 1.807) is 31.2 Å². The van der Waals surface area contributed by atoms with Crippen LogP contribution in [0.3, 0.4) is 0 Å². The molecule has 0 fully saturated rings. The molecule has 7 heteroatoms. The molecule has 0 bridgehead atoms. The third-order valence-corrected chi connectivity index (χ3v) is 3.44. The highest BCUT2D eigenvalue weighted by Gasteiger charge is 2.27. The molecule has 1 amide bonds. The number of fused-ring (bicyclic) bond motifs is 1. The third-order valence-electron chi connectivity index (χ3n) is 2.95. The first-order valence-electron chi connectivity index (χ1n) is 6.25. The van der Waals surface area contributed by atoms with E-state index in [0.717, 1.165) is 4.47 Å². The number of benzene rings is 1. The molecule has 1 aromatic heterocycles. The summed E-state index contributed by atoms with van der Waals surface area (Å²) in [6, 6.07) is 6.87. The van der Waals surface area contributed by atoms with E-state index in [9.17, 15) is 13.6 Å². The molecule has 0 saturated heterocycles. The Balaban J connectivity index is 2.36. The first-order chi connectivity index (χ1) is 9.82. The third kappa shape index (κ3) is 3.74. The van der Waals surface area contributed by atoms with E-state index in [4.69, 9.17) is 5.73 Å². The average Bonchev–Trinajstić information content (AvgIpc) is 2.44. The molecule has 112 valence electrons. The number of rotatable bonds is 4. The van der Waals surface area contributed by atoms with Gasteiger partial charge in [0.1, 0.15) is 0 Å². The van der Waals surface area contributed by atoms with Crippen LogP contribution in [0, 0.1) is 6.92 Å². The van der Waals surface area contributed by atoms with Crippen molar-refractivity contribution >= 4 is 32.7 Å². The first kappa shape index (κ1) is 15.8. The molecule has 0 aliphatic rings. The van der Waals surface area contributed by atoms with E-state index in [2.05, 4.69) is 26.2 Å². The van der Waals surface area contributed by atoms with E-state index in [1.165, 1.54) is 0 Å². The molecule has 21 heavy (non-hydrogen) atoms. The van der Waals surface area contributed by atoms with E-state index in [1.807, 2.05) is 0 Å². The highest BCUT2D eigenvalue weighted by molar-refractivity contribution is 9.10. The maximum absolute atomic E-state index is 13.1. The minimum Gasteiger partial charge on any atom is -0.346 e. The van der Waals surface area contributed by atoms with Gasteiger partial charge in [0, 0.05) is 15.6 Å². The zero-order chi connectivity index (χ0) is 15.6. The molecular weight excluding hydrogens is 344 g/mol. The van der Waals surface area contributed by atoms with Gasteiger partial charge < -0.3 is 11.1 Å². The van der Waals surface area contributed by atoms with Gasteiger partial charge in [-0.15, -0.1) is 0 Å². The quantitative estimate of drug-likeness (QED) is 0.883. The van der Waals surface area contributed by atoms with Crippen molar-refractivity contribution in [3.63, 3.8) is 0 Å². The number of aryl methyl sites for hydroxylation is 1. The SMILES string of the molecule is Cc1cc(C(=O)NCC(F)(F)CN)c2cc(Br)ccc2n1. The Morgan fingerprint density at radius 2 is 2.14 bits per heavy atom. The maximum Gasteiger partial charge on any atom is 0.277 e. The summed E-state index contributed by atoms with van der Waals surface area (Å²) in [4.78, 5) is 16.5. The van der Waals surface area contributed by atoms with Crippen LogP contribution < -0.4 is 11.1 Å². The summed E-state index contributed by atoms with van der Waals surface area (Å²) in [6.07, 6.45) is 0. The van der Waals surface area contributed by atoms with Gasteiger partial charge in [0.15, 0.2) is 0 Å². The van der Waals surface area contributed by atoms with Gasteiger partial charge in [-0.2, -0.15) is 0 Å². The highest BCUT2D eigenvalue weighted by atomic mass is 79.9. The van der Waals surface area contributed by atoms with Crippen LogP contribution in [0.25, 0.3) is 10.9 Å². The van der Waals surface area contributed by atoms with E-state index in [-0.39, 0.29) is 0 Å². The highest BCUT2D eigenvalue weighted by Crippen LogP contribution is 2.23. The van der Waals surface area contributed by atoms with Crippen LogP contribution in [0.1, 0.15) is 16.1 Å². The summed E-state index contributed by atoms with van der Waals surface area (Å²) < 4.78 is 27.0. The van der Waals surface area contributed by atoms with Crippen LogP contribution in [0.4, 0.5) is 8.78 Å². The van der Waals surface area contributed by atoms with Gasteiger partial charge in [-0.1, -0.05) is 15.9 Å². The van der Waals surface area contributed by atoms with Crippen molar-refractivity contribution < 1.29 is 13.6 Å². The van der Waals surface area contributed by atoms with E-state index < -0.39 is 24.9 Å². The van der Waals surface area contributed by atoms with E-state index in [0.29, 0.717) is 22.2 Å². The molecule has 1 aromatic carbocycles. The van der Waals surface area contributed by atoms with Crippen LogP contribution in [-0.2, 0) is 0 Å². The monoisotopic (exact) mass is 357 g/mol. The smallest absolute Gasteiger partial charge is 0.277 e. The number of carbonyl (C=O) groups excluding carboxylic acids is 1. The number of aromatic nitrogens is 1. The molecule has 0 atom stereocenters. The number of carbonyl (C=O) groups is 1. The maximum atomic E-state index is 13.1. The molecule has 4 nitrogen and oxygen atoms in total. The van der Waals surface area contributed by atoms with Gasteiger partial charge in [0.25, 0.3) is 11.8 Å². The van der Waals surface area contributed by atoms with E-state index >= 15 is 0 Å². The number of halogens is 3. The summed E-state index contributed by atoms with van der Waals surface area (Å²) >= 11 is 3.32. The first-order valence-corrected chi connectivity index (χ1v) is 7.05. The van der Waals surface area contributed by atoms with Gasteiger partial charge in [-0.3, -0.25) is 9.78 Å². The lowest BCUT2D eigenvalue weighted by Gasteiger charge is -2.15. The van der Waals surface area contributed by atoms with Crippen molar-refractivity contribution in [2.24, 2.45) is 5.73 Å². The number of nitrogens with two attached hydrogens (primary N) is 1. The molecule has 0 unspecified atom stereocenters. The zero-order valence-corrected chi connectivity index (χ0v) is 12.9. The Labute approximate surface area is 128 Å². The Bertz CT molecular complexity index is 691. The fraction of sp³-hybridized carbons (Fsp3) is 0.286. The molecule has 0 spiro atoms. The Morgan fingerprint density at radius 3 is 2.81 bits per heavy atom. The van der Waals surface area contributed by atoms with Crippen LogP contribution >= 0.6 is 15.9 Å². The molecule has 3 N–H and O–H groups in total. The predicted octanol–water partition coefficient (Wildman–Crippen LogP) is 2.63. The number of hydrogen-bond donors (Lipinski definition) is 2. The van der Waals surface area contributed by atoms with Crippen molar-refractivity contribution in [1.29, 1.82) is 0 Å². The standard InChI is InChI=1S/C14H14BrF2N3O/c1-8-4-11(13(21)19-7-14(16,17)6-18)10-5-9(15)2-3-12(10)20-8/h2-5H,6-7,18H2,1H3,(H,19,21). The average molecular weight is 358 g/mol. The Kier molecular flexibility index (Phi) is 4.53. The lowest BCUT2D eigenvalue weighted by atomic mass is 10.1. The molecule has 0 aliphatic heterocycles. The van der Waals surface area contributed by atoms with Crippen LogP contribution in [0.15, 0.2) is 28.7 Å². The molecule has 1 heterocycles. The summed E-state index contributed by atoms with van der Waals surface area (Å²) in [7, 11) is 0. The van der Waals surface area contributed by atoms with Crippen molar-refractivity contribution in [2.75, 3.05) is 13.1 Å². The van der Waals surface area contributed by atoms with Gasteiger partial charge >= 0.3 is 0 Å². The van der Waals surface area contributed by atoms with Crippen LogP contribution in [0.5, 0.6) is 0 Å². The molecule has 2 rings (SSSR count). The second-order valence-corrected chi connectivity index (χ2v) is 5.63. The summed E-state index contributed by atoms with van der Waals surface area (Å²) in [5.41, 5.74) is 6.53. The Morgan fingerprint density at radius 1 is 1.43 bits per heavy atom. The zero-order valence-electron chi connectivity index (χ0n) is 11.3. The number of nitrogens with one attached hydrogen (secondary N) is 1. The number of pyridine rings is 1. The lowest BCUT2D eigenvalue weighted by Crippen LogP contribution is -2.41. The summed E-state index contributed by atoms with van der Waals surface area (Å²) in [6.45, 7) is 0.140. The van der Waals surface area contributed by atoms with Gasteiger partial charge in [0.05, 0.1) is 24.2 Å². The number of hydrogen-bond acceptors (Lipinski definition) is 3. The van der Waals surface area contributed by atoms with Crippen molar-refractivity contribution in [3.8, 4) is 0 Å². The normalized spacial score (nSPS) is 11.7. The number of amides is 1. The lowest BCUT2D eigenvalue weighted by molar-refractivity contribution is 0.0119. The molecular formula is C14H14BrF2N3O. The van der Waals surface area contributed by atoms with Crippen molar-refractivity contribution in [1.82, 2.24) is 10.3 Å². The number of nitrogens with zero attached hydrogens (tertiary/aromatic N) is 1. The van der Waals surface area contributed by atoms with Crippen molar-refractivity contribution in [2.45, 2.75) is 12.8 Å². The Hall–Kier alpha value is -1.60. The van der Waals surface area contributed by atoms with Gasteiger partial charge in [0.2, 0.25) is 0 Å². The second kappa shape index (κ2) is 6.03. The summed E-state index contributed by atoms with van der Waals surface area (Å²) in [5.74, 6) is -3.69. The van der Waals surface area contributed by atoms with Gasteiger partial charge in [-0.05, 0) is 31.2 Å². The van der Waals surface area contributed by atoms with Crippen molar-refractivity contribution in [3.05, 3.63) is 40.0 Å². The van der Waals surface area contributed by atoms with Crippen LogP contribution in [0.2, 0.25) is 0 Å². The fourth-order valence-corrected chi connectivity index (χ4v) is 2.26. The second-order valence-electron chi connectivity index (χ2n) is 4.72. The van der Waals surface area contributed by atoms with Crippen LogP contribution in [-0.4, -0.2) is 29.9 Å². The largest absolute Gasteiger partial charge is 0.346 e. The predicted molar refractivity (Wildman–Crippen MR) is 80.5 cm³/mol. The number of alkyl halides is 2. The minimum absolute atomic E-state index is 0.312. The molecule has 0 saturated carbocycles. The fourth-order valence-electron chi connectivity index (χ4n) is 1.90. The summed E-state index contributed by atoms with van der Waals surface area (Å²) in [5, 5.41) is 2.82.